The molecule has 3 nitrogen and oxygen atoms in total. The van der Waals surface area contributed by atoms with E-state index in [2.05, 4.69) is 46.4 Å². The zero-order valence-electron chi connectivity index (χ0n) is 11.8. The lowest BCUT2D eigenvalue weighted by Crippen LogP contribution is -2.15. The van der Waals surface area contributed by atoms with Gasteiger partial charge in [-0.15, -0.1) is 0 Å². The van der Waals surface area contributed by atoms with Crippen LogP contribution < -0.4 is 5.32 Å². The lowest BCUT2D eigenvalue weighted by Gasteiger charge is -2.07. The fourth-order valence-corrected chi connectivity index (χ4v) is 2.66. The second kappa shape index (κ2) is 6.11. The van der Waals surface area contributed by atoms with Gasteiger partial charge in [0.15, 0.2) is 0 Å². The third-order valence-corrected chi connectivity index (χ3v) is 4.00. The van der Waals surface area contributed by atoms with Gasteiger partial charge in [0.1, 0.15) is 0 Å². The fourth-order valence-electron chi connectivity index (χ4n) is 2.66. The van der Waals surface area contributed by atoms with Crippen LogP contribution in [0.1, 0.15) is 37.7 Å². The molecule has 1 aliphatic rings. The largest absolute Gasteiger partial charge is 0.347 e. The quantitative estimate of drug-likeness (QED) is 0.779. The number of rotatable bonds is 7. The predicted molar refractivity (Wildman–Crippen MR) is 81.3 cm³/mol. The van der Waals surface area contributed by atoms with Crippen LogP contribution in [0.3, 0.4) is 0 Å². The Morgan fingerprint density at radius 1 is 1.25 bits per heavy atom. The maximum atomic E-state index is 8.58. The third-order valence-electron chi connectivity index (χ3n) is 4.00. The van der Waals surface area contributed by atoms with E-state index in [0.717, 1.165) is 32.0 Å². The van der Waals surface area contributed by atoms with Crippen molar-refractivity contribution < 1.29 is 0 Å². The molecule has 0 unspecified atom stereocenters. The minimum absolute atomic E-state index is 0.662. The summed E-state index contributed by atoms with van der Waals surface area (Å²) in [4.78, 5) is 0. The normalized spacial score (nSPS) is 14.6. The van der Waals surface area contributed by atoms with Crippen molar-refractivity contribution in [3.8, 4) is 6.07 Å². The molecule has 1 fully saturated rings. The van der Waals surface area contributed by atoms with E-state index in [0.29, 0.717) is 6.42 Å². The van der Waals surface area contributed by atoms with Crippen molar-refractivity contribution in [1.29, 1.82) is 5.26 Å². The molecule has 104 valence electrons. The molecule has 0 aliphatic heterocycles. The second-order valence-electron chi connectivity index (χ2n) is 5.63. The summed E-state index contributed by atoms with van der Waals surface area (Å²) in [5.74, 6) is 0. The van der Waals surface area contributed by atoms with E-state index in [1.807, 2.05) is 0 Å². The molecule has 0 saturated heterocycles. The van der Waals surface area contributed by atoms with E-state index in [9.17, 15) is 0 Å². The number of unbranched alkanes of at least 4 members (excludes halogenated alkanes) is 2. The Kier molecular flexibility index (Phi) is 4.03. The van der Waals surface area contributed by atoms with Crippen molar-refractivity contribution in [3.05, 3.63) is 36.0 Å². The van der Waals surface area contributed by atoms with Crippen LogP contribution in [0.4, 0.5) is 0 Å². The molecule has 0 bridgehead atoms. The number of nitrogens with one attached hydrogen (secondary N) is 1. The molecule has 1 aromatic carbocycles. The van der Waals surface area contributed by atoms with E-state index < -0.39 is 0 Å². The van der Waals surface area contributed by atoms with Crippen molar-refractivity contribution in [2.45, 2.75) is 51.2 Å². The number of nitriles is 1. The lowest BCUT2D eigenvalue weighted by molar-refractivity contribution is 0.632. The lowest BCUT2D eigenvalue weighted by atomic mass is 10.1. The summed E-state index contributed by atoms with van der Waals surface area (Å²) >= 11 is 0. The van der Waals surface area contributed by atoms with Gasteiger partial charge in [-0.1, -0.05) is 12.1 Å². The van der Waals surface area contributed by atoms with E-state index in [-0.39, 0.29) is 0 Å². The maximum absolute atomic E-state index is 8.58. The van der Waals surface area contributed by atoms with E-state index >= 15 is 0 Å². The summed E-state index contributed by atoms with van der Waals surface area (Å²) < 4.78 is 2.31. The van der Waals surface area contributed by atoms with Gasteiger partial charge in [0, 0.05) is 42.7 Å². The zero-order valence-corrected chi connectivity index (χ0v) is 11.8. The monoisotopic (exact) mass is 267 g/mol. The number of hydrogen-bond acceptors (Lipinski definition) is 2. The molecular formula is C17H21N3. The summed E-state index contributed by atoms with van der Waals surface area (Å²) in [5, 5.41) is 13.5. The number of benzene rings is 1. The van der Waals surface area contributed by atoms with Crippen molar-refractivity contribution in [2.75, 3.05) is 0 Å². The summed E-state index contributed by atoms with van der Waals surface area (Å²) in [5.41, 5.74) is 2.71. The van der Waals surface area contributed by atoms with Crippen molar-refractivity contribution in [1.82, 2.24) is 9.88 Å². The predicted octanol–water partition coefficient (Wildman–Crippen LogP) is 3.59. The first kappa shape index (κ1) is 13.2. The van der Waals surface area contributed by atoms with Crippen LogP contribution in [0.25, 0.3) is 10.9 Å². The summed E-state index contributed by atoms with van der Waals surface area (Å²) in [7, 11) is 0. The topological polar surface area (TPSA) is 40.8 Å². The SMILES string of the molecule is N#CCCCCn1ccc2c(CNC3CC3)cccc21. The highest BCUT2D eigenvalue weighted by Gasteiger charge is 2.20. The molecule has 2 aromatic rings. The van der Waals surface area contributed by atoms with Gasteiger partial charge in [-0.2, -0.15) is 5.26 Å². The molecule has 0 atom stereocenters. The number of nitrogens with zero attached hydrogens (tertiary/aromatic N) is 2. The Hall–Kier alpha value is -1.79. The summed E-state index contributed by atoms with van der Waals surface area (Å²) in [6.45, 7) is 1.98. The highest BCUT2D eigenvalue weighted by Crippen LogP contribution is 2.23. The highest BCUT2D eigenvalue weighted by atomic mass is 15.0. The molecule has 0 radical (unpaired) electrons. The Morgan fingerprint density at radius 2 is 2.15 bits per heavy atom. The zero-order chi connectivity index (χ0) is 13.8. The molecule has 1 aromatic heterocycles. The Bertz CT molecular complexity index is 617. The fraction of sp³-hybridized carbons (Fsp3) is 0.471. The van der Waals surface area contributed by atoms with Gasteiger partial charge in [0.05, 0.1) is 6.07 Å². The second-order valence-corrected chi connectivity index (χ2v) is 5.63. The Balaban J connectivity index is 1.70. The first-order valence-electron chi connectivity index (χ1n) is 7.55. The minimum Gasteiger partial charge on any atom is -0.347 e. The molecule has 0 spiro atoms. The molecule has 0 amide bonds. The highest BCUT2D eigenvalue weighted by molar-refractivity contribution is 5.83. The molecule has 20 heavy (non-hydrogen) atoms. The van der Waals surface area contributed by atoms with Crippen LogP contribution in [0, 0.1) is 11.3 Å². The van der Waals surface area contributed by atoms with E-state index in [4.69, 9.17) is 5.26 Å². The molecule has 1 N–H and O–H groups in total. The van der Waals surface area contributed by atoms with Crippen LogP contribution in [0.15, 0.2) is 30.5 Å². The summed E-state index contributed by atoms with van der Waals surface area (Å²) in [6, 6.07) is 11.7. The molecule has 1 heterocycles. The van der Waals surface area contributed by atoms with Gasteiger partial charge < -0.3 is 9.88 Å². The van der Waals surface area contributed by atoms with Gasteiger partial charge in [0.25, 0.3) is 0 Å². The van der Waals surface area contributed by atoms with Gasteiger partial charge in [-0.3, -0.25) is 0 Å². The van der Waals surface area contributed by atoms with Crippen LogP contribution in [-0.4, -0.2) is 10.6 Å². The Morgan fingerprint density at radius 3 is 2.95 bits per heavy atom. The van der Waals surface area contributed by atoms with E-state index in [1.165, 1.54) is 29.3 Å². The van der Waals surface area contributed by atoms with Gasteiger partial charge in [-0.05, 0) is 43.4 Å². The summed E-state index contributed by atoms with van der Waals surface area (Å²) in [6.07, 6.45) is 7.56. The van der Waals surface area contributed by atoms with Crippen LogP contribution in [-0.2, 0) is 13.1 Å². The number of aryl methyl sites for hydroxylation is 1. The van der Waals surface area contributed by atoms with Gasteiger partial charge >= 0.3 is 0 Å². The van der Waals surface area contributed by atoms with Crippen LogP contribution in [0.5, 0.6) is 0 Å². The van der Waals surface area contributed by atoms with Crippen molar-refractivity contribution in [3.63, 3.8) is 0 Å². The Labute approximate surface area is 120 Å². The van der Waals surface area contributed by atoms with Crippen molar-refractivity contribution in [2.24, 2.45) is 0 Å². The van der Waals surface area contributed by atoms with E-state index in [1.54, 1.807) is 0 Å². The number of fused-ring (bicyclic) bond motifs is 1. The number of aromatic nitrogens is 1. The average molecular weight is 267 g/mol. The van der Waals surface area contributed by atoms with Crippen LogP contribution >= 0.6 is 0 Å². The third kappa shape index (κ3) is 3.02. The molecule has 1 aliphatic carbocycles. The maximum Gasteiger partial charge on any atom is 0.0621 e. The van der Waals surface area contributed by atoms with Gasteiger partial charge in [0.2, 0.25) is 0 Å². The molecule has 3 rings (SSSR count). The standard InChI is InChI=1S/C17H21N3/c18-10-2-1-3-11-20-12-9-16-14(5-4-6-17(16)20)13-19-15-7-8-15/h4-6,9,12,15,19H,1-3,7-8,11,13H2. The molecular weight excluding hydrogens is 246 g/mol. The average Bonchev–Trinajstić information content (AvgIpc) is 3.21. The van der Waals surface area contributed by atoms with Crippen molar-refractivity contribution >= 4 is 10.9 Å². The molecule has 1 saturated carbocycles. The molecule has 3 heteroatoms. The first-order valence-corrected chi connectivity index (χ1v) is 7.55. The smallest absolute Gasteiger partial charge is 0.0621 e. The first-order chi connectivity index (χ1) is 9.88. The van der Waals surface area contributed by atoms with Crippen LogP contribution in [0.2, 0.25) is 0 Å². The minimum atomic E-state index is 0.662. The van der Waals surface area contributed by atoms with Gasteiger partial charge in [-0.25, -0.2) is 0 Å². The number of hydrogen-bond donors (Lipinski definition) is 1.